The van der Waals surface area contributed by atoms with Crippen molar-refractivity contribution in [2.24, 2.45) is 5.41 Å². The number of aliphatic hydroxyl groups excluding tert-OH is 1. The van der Waals surface area contributed by atoms with Crippen molar-refractivity contribution in [2.75, 3.05) is 25.0 Å². The first-order valence-electron chi connectivity index (χ1n) is 5.70. The minimum absolute atomic E-state index is 0.314. The predicted octanol–water partition coefficient (Wildman–Crippen LogP) is 2.01. The molecular formula is C11H20BrNO. The van der Waals surface area contributed by atoms with Crippen LogP contribution < -0.4 is 0 Å². The minimum Gasteiger partial charge on any atom is -0.395 e. The molecule has 1 N–H and O–H groups in total. The summed E-state index contributed by atoms with van der Waals surface area (Å²) in [4.78, 5) is 2.50. The van der Waals surface area contributed by atoms with E-state index in [1.807, 2.05) is 0 Å². The van der Waals surface area contributed by atoms with Gasteiger partial charge in [-0.2, -0.15) is 0 Å². The molecule has 82 valence electrons. The van der Waals surface area contributed by atoms with Crippen LogP contribution in [0.15, 0.2) is 0 Å². The van der Waals surface area contributed by atoms with Crippen LogP contribution in [0.25, 0.3) is 0 Å². The van der Waals surface area contributed by atoms with E-state index in [9.17, 15) is 0 Å². The Bertz CT molecular complexity index is 184. The molecule has 2 aliphatic rings. The van der Waals surface area contributed by atoms with Gasteiger partial charge in [-0.05, 0) is 31.1 Å². The van der Waals surface area contributed by atoms with E-state index in [1.54, 1.807) is 0 Å². The Morgan fingerprint density at radius 3 is 2.43 bits per heavy atom. The molecule has 0 saturated heterocycles. The molecule has 0 unspecified atom stereocenters. The summed E-state index contributed by atoms with van der Waals surface area (Å²) in [7, 11) is 0. The first-order chi connectivity index (χ1) is 6.79. The van der Waals surface area contributed by atoms with Gasteiger partial charge in [0, 0.05) is 24.5 Å². The van der Waals surface area contributed by atoms with Gasteiger partial charge in [-0.3, -0.25) is 4.90 Å². The number of nitrogens with zero attached hydrogens (tertiary/aromatic N) is 1. The fraction of sp³-hybridized carbons (Fsp3) is 1.00. The summed E-state index contributed by atoms with van der Waals surface area (Å²) in [6.07, 6.45) is 6.82. The van der Waals surface area contributed by atoms with E-state index < -0.39 is 0 Å². The number of hydrogen-bond acceptors (Lipinski definition) is 2. The van der Waals surface area contributed by atoms with Crippen LogP contribution >= 0.6 is 15.9 Å². The van der Waals surface area contributed by atoms with E-state index in [0.29, 0.717) is 12.0 Å². The Balaban J connectivity index is 1.85. The zero-order chi connectivity index (χ0) is 10.0. The first kappa shape index (κ1) is 10.9. The standard InChI is InChI=1S/C11H20BrNO/c12-8-11(4-1-5-11)9-13(6-7-14)10-2-3-10/h10,14H,1-9H2. The molecule has 2 saturated carbocycles. The molecule has 0 aromatic carbocycles. The zero-order valence-corrected chi connectivity index (χ0v) is 10.3. The van der Waals surface area contributed by atoms with Crippen molar-refractivity contribution in [3.05, 3.63) is 0 Å². The Morgan fingerprint density at radius 2 is 2.07 bits per heavy atom. The summed E-state index contributed by atoms with van der Waals surface area (Å²) < 4.78 is 0. The van der Waals surface area contributed by atoms with Crippen LogP contribution in [-0.2, 0) is 0 Å². The van der Waals surface area contributed by atoms with Gasteiger partial charge in [0.2, 0.25) is 0 Å². The van der Waals surface area contributed by atoms with Crippen molar-refractivity contribution in [2.45, 2.75) is 38.1 Å². The lowest BCUT2D eigenvalue weighted by molar-refractivity contribution is 0.0744. The topological polar surface area (TPSA) is 23.5 Å². The largest absolute Gasteiger partial charge is 0.395 e. The second-order valence-corrected chi connectivity index (χ2v) is 5.47. The maximum absolute atomic E-state index is 9.02. The molecule has 0 aromatic heterocycles. The van der Waals surface area contributed by atoms with Crippen molar-refractivity contribution in [3.8, 4) is 0 Å². The molecule has 3 heteroatoms. The maximum Gasteiger partial charge on any atom is 0.0558 e. The smallest absolute Gasteiger partial charge is 0.0558 e. The van der Waals surface area contributed by atoms with Crippen LogP contribution in [0.3, 0.4) is 0 Å². The van der Waals surface area contributed by atoms with E-state index in [0.717, 1.165) is 17.9 Å². The van der Waals surface area contributed by atoms with Gasteiger partial charge in [-0.15, -0.1) is 0 Å². The Kier molecular flexibility index (Phi) is 3.50. The lowest BCUT2D eigenvalue weighted by atomic mass is 9.70. The Morgan fingerprint density at radius 1 is 1.36 bits per heavy atom. The van der Waals surface area contributed by atoms with E-state index >= 15 is 0 Å². The summed E-state index contributed by atoms with van der Waals surface area (Å²) in [5.41, 5.74) is 0.539. The van der Waals surface area contributed by atoms with Crippen LogP contribution in [0.1, 0.15) is 32.1 Å². The summed E-state index contributed by atoms with van der Waals surface area (Å²) >= 11 is 3.64. The highest BCUT2D eigenvalue weighted by Gasteiger charge is 2.40. The molecule has 0 radical (unpaired) electrons. The number of alkyl halides is 1. The number of halogens is 1. The molecule has 14 heavy (non-hydrogen) atoms. The number of hydrogen-bond donors (Lipinski definition) is 1. The first-order valence-corrected chi connectivity index (χ1v) is 6.83. The van der Waals surface area contributed by atoms with Crippen molar-refractivity contribution in [1.29, 1.82) is 0 Å². The highest BCUT2D eigenvalue weighted by atomic mass is 79.9. The lowest BCUT2D eigenvalue weighted by Gasteiger charge is -2.44. The molecule has 0 amide bonds. The van der Waals surface area contributed by atoms with Gasteiger partial charge >= 0.3 is 0 Å². The van der Waals surface area contributed by atoms with Gasteiger partial charge in [0.15, 0.2) is 0 Å². The zero-order valence-electron chi connectivity index (χ0n) is 8.71. The van der Waals surface area contributed by atoms with Crippen LogP contribution in [0.5, 0.6) is 0 Å². The third-order valence-corrected chi connectivity index (χ3v) is 4.88. The number of rotatable bonds is 6. The predicted molar refractivity (Wildman–Crippen MR) is 61.8 cm³/mol. The molecule has 0 bridgehead atoms. The number of aliphatic hydroxyl groups is 1. The van der Waals surface area contributed by atoms with Gasteiger partial charge in [0.25, 0.3) is 0 Å². The van der Waals surface area contributed by atoms with Crippen molar-refractivity contribution < 1.29 is 5.11 Å². The van der Waals surface area contributed by atoms with Crippen LogP contribution in [0.2, 0.25) is 0 Å². The van der Waals surface area contributed by atoms with E-state index in [-0.39, 0.29) is 0 Å². The van der Waals surface area contributed by atoms with E-state index in [1.165, 1.54) is 38.6 Å². The average molecular weight is 262 g/mol. The highest BCUT2D eigenvalue weighted by molar-refractivity contribution is 9.09. The van der Waals surface area contributed by atoms with E-state index in [4.69, 9.17) is 5.11 Å². The minimum atomic E-state index is 0.314. The molecule has 2 nitrogen and oxygen atoms in total. The van der Waals surface area contributed by atoms with E-state index in [2.05, 4.69) is 20.8 Å². The Hall–Kier alpha value is 0.400. The third-order valence-electron chi connectivity index (χ3n) is 3.69. The van der Waals surface area contributed by atoms with Crippen molar-refractivity contribution >= 4 is 15.9 Å². The molecular weight excluding hydrogens is 242 g/mol. The molecule has 0 atom stereocenters. The fourth-order valence-electron chi connectivity index (χ4n) is 2.40. The van der Waals surface area contributed by atoms with Crippen LogP contribution in [-0.4, -0.2) is 41.1 Å². The Labute approximate surface area is 94.8 Å². The van der Waals surface area contributed by atoms with Crippen molar-refractivity contribution in [1.82, 2.24) is 4.90 Å². The molecule has 2 rings (SSSR count). The quantitative estimate of drug-likeness (QED) is 0.740. The molecule has 0 spiro atoms. The van der Waals surface area contributed by atoms with Gasteiger partial charge < -0.3 is 5.11 Å². The second-order valence-electron chi connectivity index (χ2n) is 4.91. The van der Waals surface area contributed by atoms with Crippen molar-refractivity contribution in [3.63, 3.8) is 0 Å². The third kappa shape index (κ3) is 2.31. The molecule has 2 aliphatic carbocycles. The maximum atomic E-state index is 9.02. The average Bonchev–Trinajstić information content (AvgIpc) is 2.92. The normalized spacial score (nSPS) is 25.1. The highest BCUT2D eigenvalue weighted by Crippen LogP contribution is 2.44. The van der Waals surface area contributed by atoms with Crippen LogP contribution in [0.4, 0.5) is 0 Å². The fourth-order valence-corrected chi connectivity index (χ4v) is 3.14. The SMILES string of the molecule is OCCN(CC1(CBr)CCC1)C1CC1. The molecule has 0 aliphatic heterocycles. The second kappa shape index (κ2) is 4.50. The van der Waals surface area contributed by atoms with Gasteiger partial charge in [0.1, 0.15) is 0 Å². The van der Waals surface area contributed by atoms with Gasteiger partial charge in [-0.25, -0.2) is 0 Å². The lowest BCUT2D eigenvalue weighted by Crippen LogP contribution is -2.45. The molecule has 2 fully saturated rings. The van der Waals surface area contributed by atoms with Crippen LogP contribution in [0, 0.1) is 5.41 Å². The summed E-state index contributed by atoms with van der Waals surface area (Å²) in [6.45, 7) is 2.39. The monoisotopic (exact) mass is 261 g/mol. The van der Waals surface area contributed by atoms with Gasteiger partial charge in [-0.1, -0.05) is 22.4 Å². The molecule has 0 heterocycles. The summed E-state index contributed by atoms with van der Waals surface area (Å²) in [5, 5.41) is 10.2. The summed E-state index contributed by atoms with van der Waals surface area (Å²) in [6, 6.07) is 0.790. The summed E-state index contributed by atoms with van der Waals surface area (Å²) in [5.74, 6) is 0. The van der Waals surface area contributed by atoms with Gasteiger partial charge in [0.05, 0.1) is 6.61 Å². The molecule has 0 aromatic rings.